The van der Waals surface area contributed by atoms with E-state index in [9.17, 15) is 4.79 Å². The van der Waals surface area contributed by atoms with Gasteiger partial charge in [-0.05, 0) is 19.1 Å². The smallest absolute Gasteiger partial charge is 0.267 e. The van der Waals surface area contributed by atoms with Gasteiger partial charge in [-0.15, -0.1) is 0 Å². The van der Waals surface area contributed by atoms with E-state index in [2.05, 4.69) is 15.4 Å². The Morgan fingerprint density at radius 1 is 1.50 bits per heavy atom. The summed E-state index contributed by atoms with van der Waals surface area (Å²) in [6, 6.07) is 3.07. The van der Waals surface area contributed by atoms with E-state index in [0.717, 1.165) is 12.2 Å². The molecule has 0 aromatic carbocycles. The van der Waals surface area contributed by atoms with Crippen molar-refractivity contribution in [2.24, 2.45) is 5.73 Å². The quantitative estimate of drug-likeness (QED) is 0.736. The van der Waals surface area contributed by atoms with E-state index in [0.29, 0.717) is 11.5 Å². The highest BCUT2D eigenvalue weighted by Gasteiger charge is 2.08. The lowest BCUT2D eigenvalue weighted by atomic mass is 10.3. The van der Waals surface area contributed by atoms with Gasteiger partial charge < -0.3 is 16.8 Å². The molecule has 2 rings (SSSR count). The number of anilines is 3. The number of nitrogens with one attached hydrogen (secondary N) is 1. The standard InChI is InChI=1S/C11H14N6O/c1-2-17-6-7(5-14-17)15-11-8(12)3-4-9(16-11)10(13)18/h3-6H,2,12H2,1H3,(H2,13,18)(H,15,16). The second-order valence-corrected chi connectivity index (χ2v) is 3.71. The molecule has 7 nitrogen and oxygen atoms in total. The fraction of sp³-hybridized carbons (Fsp3) is 0.182. The average Bonchev–Trinajstić information content (AvgIpc) is 2.79. The third-order valence-corrected chi connectivity index (χ3v) is 2.40. The SMILES string of the molecule is CCn1cc(Nc2nc(C(N)=O)ccc2N)cn1. The second-order valence-electron chi connectivity index (χ2n) is 3.71. The molecule has 7 heteroatoms. The Morgan fingerprint density at radius 2 is 2.28 bits per heavy atom. The van der Waals surface area contributed by atoms with Crippen molar-refractivity contribution < 1.29 is 4.79 Å². The van der Waals surface area contributed by atoms with Crippen LogP contribution in [-0.2, 0) is 6.54 Å². The number of hydrogen-bond acceptors (Lipinski definition) is 5. The summed E-state index contributed by atoms with van der Waals surface area (Å²) < 4.78 is 1.76. The van der Waals surface area contributed by atoms with E-state index in [1.807, 2.05) is 13.1 Å². The van der Waals surface area contributed by atoms with Crippen molar-refractivity contribution in [1.29, 1.82) is 0 Å². The summed E-state index contributed by atoms with van der Waals surface area (Å²) >= 11 is 0. The molecule has 0 aliphatic rings. The molecule has 0 spiro atoms. The Labute approximate surface area is 104 Å². The molecular formula is C11H14N6O. The van der Waals surface area contributed by atoms with Crippen LogP contribution in [0.2, 0.25) is 0 Å². The van der Waals surface area contributed by atoms with Gasteiger partial charge in [-0.3, -0.25) is 9.48 Å². The first-order valence-electron chi connectivity index (χ1n) is 5.46. The number of amides is 1. The monoisotopic (exact) mass is 246 g/mol. The van der Waals surface area contributed by atoms with Crippen molar-refractivity contribution in [3.05, 3.63) is 30.2 Å². The van der Waals surface area contributed by atoms with E-state index in [4.69, 9.17) is 11.5 Å². The van der Waals surface area contributed by atoms with E-state index in [1.165, 1.54) is 6.07 Å². The molecular weight excluding hydrogens is 232 g/mol. The summed E-state index contributed by atoms with van der Waals surface area (Å²) in [5.41, 5.74) is 12.3. The molecule has 0 fully saturated rings. The van der Waals surface area contributed by atoms with Crippen molar-refractivity contribution in [1.82, 2.24) is 14.8 Å². The zero-order valence-corrected chi connectivity index (χ0v) is 9.92. The van der Waals surface area contributed by atoms with Crippen LogP contribution in [0.1, 0.15) is 17.4 Å². The third kappa shape index (κ3) is 2.40. The van der Waals surface area contributed by atoms with Gasteiger partial charge in [0.05, 0.1) is 17.6 Å². The Balaban J connectivity index is 2.27. The lowest BCUT2D eigenvalue weighted by Crippen LogP contribution is -2.14. The molecule has 0 aliphatic carbocycles. The Kier molecular flexibility index (Phi) is 3.13. The topological polar surface area (TPSA) is 112 Å². The molecule has 0 aliphatic heterocycles. The van der Waals surface area contributed by atoms with Gasteiger partial charge in [-0.25, -0.2) is 4.98 Å². The van der Waals surface area contributed by atoms with Crippen LogP contribution in [0, 0.1) is 0 Å². The molecule has 2 aromatic rings. The number of carbonyl (C=O) groups is 1. The molecule has 18 heavy (non-hydrogen) atoms. The number of nitrogens with zero attached hydrogens (tertiary/aromatic N) is 3. The maximum absolute atomic E-state index is 11.0. The number of pyridine rings is 1. The molecule has 0 unspecified atom stereocenters. The number of rotatable bonds is 4. The predicted molar refractivity (Wildman–Crippen MR) is 68.4 cm³/mol. The molecule has 2 heterocycles. The number of hydrogen-bond donors (Lipinski definition) is 3. The molecule has 0 radical (unpaired) electrons. The van der Waals surface area contributed by atoms with Crippen molar-refractivity contribution >= 4 is 23.1 Å². The second kappa shape index (κ2) is 4.74. The fourth-order valence-electron chi connectivity index (χ4n) is 1.45. The highest BCUT2D eigenvalue weighted by Crippen LogP contribution is 2.20. The van der Waals surface area contributed by atoms with Gasteiger partial charge in [-0.1, -0.05) is 0 Å². The normalized spacial score (nSPS) is 10.3. The van der Waals surface area contributed by atoms with Gasteiger partial charge in [0, 0.05) is 12.7 Å². The summed E-state index contributed by atoms with van der Waals surface area (Å²) in [5, 5.41) is 7.11. The number of nitrogens with two attached hydrogens (primary N) is 2. The highest BCUT2D eigenvalue weighted by molar-refractivity contribution is 5.92. The minimum atomic E-state index is -0.595. The van der Waals surface area contributed by atoms with E-state index in [1.54, 1.807) is 16.9 Å². The number of primary amides is 1. The van der Waals surface area contributed by atoms with Crippen molar-refractivity contribution in [3.63, 3.8) is 0 Å². The van der Waals surface area contributed by atoms with Crippen LogP contribution < -0.4 is 16.8 Å². The summed E-state index contributed by atoms with van der Waals surface area (Å²) in [7, 11) is 0. The number of carbonyl (C=O) groups excluding carboxylic acids is 1. The van der Waals surface area contributed by atoms with Crippen LogP contribution in [0.5, 0.6) is 0 Å². The van der Waals surface area contributed by atoms with Gasteiger partial charge in [0.1, 0.15) is 5.69 Å². The molecule has 5 N–H and O–H groups in total. The fourth-order valence-corrected chi connectivity index (χ4v) is 1.45. The molecule has 0 bridgehead atoms. The minimum Gasteiger partial charge on any atom is -0.396 e. The van der Waals surface area contributed by atoms with Gasteiger partial charge in [-0.2, -0.15) is 5.10 Å². The van der Waals surface area contributed by atoms with Crippen LogP contribution in [0.15, 0.2) is 24.5 Å². The van der Waals surface area contributed by atoms with Crippen molar-refractivity contribution in [2.45, 2.75) is 13.5 Å². The summed E-state index contributed by atoms with van der Waals surface area (Å²) in [6.07, 6.45) is 3.47. The third-order valence-electron chi connectivity index (χ3n) is 2.40. The van der Waals surface area contributed by atoms with Crippen LogP contribution in [-0.4, -0.2) is 20.7 Å². The molecule has 0 atom stereocenters. The van der Waals surface area contributed by atoms with Crippen molar-refractivity contribution in [2.75, 3.05) is 11.1 Å². The molecule has 0 saturated heterocycles. The van der Waals surface area contributed by atoms with Crippen LogP contribution in [0.25, 0.3) is 0 Å². The van der Waals surface area contributed by atoms with Gasteiger partial charge in [0.2, 0.25) is 0 Å². The first kappa shape index (κ1) is 11.9. The zero-order chi connectivity index (χ0) is 13.1. The Hall–Kier alpha value is -2.57. The maximum atomic E-state index is 11.0. The molecule has 2 aromatic heterocycles. The van der Waals surface area contributed by atoms with E-state index >= 15 is 0 Å². The van der Waals surface area contributed by atoms with Crippen LogP contribution in [0.4, 0.5) is 17.2 Å². The molecule has 94 valence electrons. The Morgan fingerprint density at radius 3 is 2.89 bits per heavy atom. The minimum absolute atomic E-state index is 0.162. The van der Waals surface area contributed by atoms with Gasteiger partial charge in [0.15, 0.2) is 5.82 Å². The largest absolute Gasteiger partial charge is 0.396 e. The lowest BCUT2D eigenvalue weighted by Gasteiger charge is -2.07. The predicted octanol–water partition coefficient (Wildman–Crippen LogP) is 0.723. The zero-order valence-electron chi connectivity index (χ0n) is 9.92. The van der Waals surface area contributed by atoms with E-state index in [-0.39, 0.29) is 5.69 Å². The summed E-state index contributed by atoms with van der Waals surface area (Å²) in [6.45, 7) is 2.75. The number of aromatic nitrogens is 3. The summed E-state index contributed by atoms with van der Waals surface area (Å²) in [4.78, 5) is 15.1. The van der Waals surface area contributed by atoms with Gasteiger partial charge >= 0.3 is 0 Å². The van der Waals surface area contributed by atoms with Crippen molar-refractivity contribution in [3.8, 4) is 0 Å². The first-order chi connectivity index (χ1) is 8.60. The summed E-state index contributed by atoms with van der Waals surface area (Å²) in [5.74, 6) is -0.204. The van der Waals surface area contributed by atoms with Crippen LogP contribution >= 0.6 is 0 Å². The lowest BCUT2D eigenvalue weighted by molar-refractivity contribution is 0.0996. The van der Waals surface area contributed by atoms with Crippen LogP contribution in [0.3, 0.4) is 0 Å². The molecule has 1 amide bonds. The number of nitrogen functional groups attached to an aromatic ring is 1. The highest BCUT2D eigenvalue weighted by atomic mass is 16.1. The number of aryl methyl sites for hydroxylation is 1. The van der Waals surface area contributed by atoms with Gasteiger partial charge in [0.25, 0.3) is 5.91 Å². The Bertz CT molecular complexity index is 577. The maximum Gasteiger partial charge on any atom is 0.267 e. The first-order valence-corrected chi connectivity index (χ1v) is 5.46. The average molecular weight is 246 g/mol. The van der Waals surface area contributed by atoms with E-state index < -0.39 is 5.91 Å². The molecule has 0 saturated carbocycles.